The van der Waals surface area contributed by atoms with Gasteiger partial charge in [0.25, 0.3) is 10.0 Å². The maximum absolute atomic E-state index is 13.3. The number of aryl methyl sites for hydroxylation is 1. The number of sulfonamides is 1. The molecule has 0 bridgehead atoms. The van der Waals surface area contributed by atoms with E-state index in [1.54, 1.807) is 18.2 Å². The number of anilines is 1. The molecule has 0 saturated heterocycles. The summed E-state index contributed by atoms with van der Waals surface area (Å²) in [5, 5.41) is 0. The van der Waals surface area contributed by atoms with E-state index in [0.29, 0.717) is 24.1 Å². The molecule has 0 atom stereocenters. The van der Waals surface area contributed by atoms with Crippen LogP contribution in [0.15, 0.2) is 41.3 Å². The van der Waals surface area contributed by atoms with E-state index in [1.807, 2.05) is 18.2 Å². The lowest BCUT2D eigenvalue weighted by molar-refractivity contribution is 0.587. The molecule has 0 aliphatic carbocycles. The van der Waals surface area contributed by atoms with Crippen molar-refractivity contribution in [2.45, 2.75) is 24.3 Å². The minimum absolute atomic E-state index is 0.213. The first kappa shape index (κ1) is 15.5. The van der Waals surface area contributed by atoms with Crippen molar-refractivity contribution < 1.29 is 8.42 Å². The highest BCUT2D eigenvalue weighted by Crippen LogP contribution is 2.34. The van der Waals surface area contributed by atoms with Gasteiger partial charge in [0.15, 0.2) is 0 Å². The summed E-state index contributed by atoms with van der Waals surface area (Å²) >= 11 is 1.02. The fourth-order valence-corrected chi connectivity index (χ4v) is 5.40. The zero-order valence-corrected chi connectivity index (χ0v) is 14.5. The van der Waals surface area contributed by atoms with Crippen molar-refractivity contribution in [1.82, 2.24) is 8.75 Å². The Balaban J connectivity index is 1.86. The molecule has 0 radical (unpaired) electrons. The Morgan fingerprint density at radius 3 is 2.92 bits per heavy atom. The fraction of sp³-hybridized carbons (Fsp3) is 0.250. The molecular weight excluding hydrogens is 344 g/mol. The first-order valence-electron chi connectivity index (χ1n) is 7.67. The normalized spacial score (nSPS) is 14.8. The van der Waals surface area contributed by atoms with Crippen LogP contribution < -0.4 is 10.0 Å². The van der Waals surface area contributed by atoms with Gasteiger partial charge in [-0.05, 0) is 42.2 Å². The van der Waals surface area contributed by atoms with Crippen LogP contribution in [0.2, 0.25) is 0 Å². The fourth-order valence-electron chi connectivity index (χ4n) is 3.10. The van der Waals surface area contributed by atoms with Crippen molar-refractivity contribution in [2.24, 2.45) is 5.73 Å². The summed E-state index contributed by atoms with van der Waals surface area (Å²) in [6.45, 7) is 0.912. The second-order valence-corrected chi connectivity index (χ2v) is 8.10. The molecule has 1 aliphatic heterocycles. The van der Waals surface area contributed by atoms with Gasteiger partial charge in [0.2, 0.25) is 0 Å². The molecule has 3 aromatic rings. The molecule has 0 unspecified atom stereocenters. The molecule has 1 aliphatic rings. The Hall–Kier alpha value is -2.03. The number of rotatable bonds is 3. The molecule has 0 saturated carbocycles. The number of benzene rings is 2. The monoisotopic (exact) mass is 360 g/mol. The van der Waals surface area contributed by atoms with Crippen LogP contribution in [0, 0.1) is 0 Å². The van der Waals surface area contributed by atoms with Gasteiger partial charge in [0.05, 0.1) is 17.4 Å². The highest BCUT2D eigenvalue weighted by Gasteiger charge is 2.31. The molecule has 2 heterocycles. The van der Waals surface area contributed by atoms with Crippen molar-refractivity contribution in [3.05, 3.63) is 47.5 Å². The molecule has 24 heavy (non-hydrogen) atoms. The van der Waals surface area contributed by atoms with Crippen molar-refractivity contribution in [3.8, 4) is 0 Å². The van der Waals surface area contributed by atoms with Crippen LogP contribution in [-0.2, 0) is 23.0 Å². The molecule has 6 nitrogen and oxygen atoms in total. The highest BCUT2D eigenvalue weighted by molar-refractivity contribution is 7.93. The summed E-state index contributed by atoms with van der Waals surface area (Å²) in [7, 11) is -3.69. The largest absolute Gasteiger partial charge is 0.326 e. The zero-order valence-electron chi connectivity index (χ0n) is 12.8. The van der Waals surface area contributed by atoms with E-state index in [4.69, 9.17) is 5.73 Å². The zero-order chi connectivity index (χ0) is 16.7. The van der Waals surface area contributed by atoms with Crippen LogP contribution in [0.1, 0.15) is 17.5 Å². The second kappa shape index (κ2) is 5.80. The Kier molecular flexibility index (Phi) is 3.75. The number of fused-ring (bicyclic) bond motifs is 2. The Morgan fingerprint density at radius 2 is 2.08 bits per heavy atom. The van der Waals surface area contributed by atoms with Gasteiger partial charge in [-0.3, -0.25) is 4.31 Å². The lowest BCUT2D eigenvalue weighted by atomic mass is 10.0. The van der Waals surface area contributed by atoms with Crippen LogP contribution in [0.3, 0.4) is 0 Å². The molecule has 0 amide bonds. The molecule has 2 aromatic carbocycles. The standard InChI is InChI=1S/C16H16N4O2S2/c17-10-11-6-7-14-12(9-11)3-2-8-20(14)24(21,22)15-5-1-4-13-16(15)19-23-18-13/h1,4-7,9H,2-3,8,10,17H2. The predicted octanol–water partition coefficient (Wildman–Crippen LogP) is 2.29. The molecule has 0 spiro atoms. The first-order valence-corrected chi connectivity index (χ1v) is 9.84. The van der Waals surface area contributed by atoms with E-state index in [2.05, 4.69) is 8.75 Å². The molecular formula is C16H16N4O2S2. The molecule has 4 rings (SSSR count). The number of hydrogen-bond acceptors (Lipinski definition) is 6. The van der Waals surface area contributed by atoms with E-state index >= 15 is 0 Å². The summed E-state index contributed by atoms with van der Waals surface area (Å²) in [5.74, 6) is 0. The molecule has 8 heteroatoms. The van der Waals surface area contributed by atoms with Crippen LogP contribution >= 0.6 is 11.7 Å². The quantitative estimate of drug-likeness (QED) is 0.774. The average molecular weight is 360 g/mol. The van der Waals surface area contributed by atoms with Crippen molar-refractivity contribution in [1.29, 1.82) is 0 Å². The lowest BCUT2D eigenvalue weighted by Gasteiger charge is -2.30. The third-order valence-corrected chi connectivity index (χ3v) is 6.66. The van der Waals surface area contributed by atoms with Crippen molar-refractivity contribution in [2.75, 3.05) is 10.8 Å². The van der Waals surface area contributed by atoms with Gasteiger partial charge in [-0.25, -0.2) is 8.42 Å². The average Bonchev–Trinajstić information content (AvgIpc) is 3.09. The third-order valence-electron chi connectivity index (χ3n) is 4.27. The minimum atomic E-state index is -3.69. The SMILES string of the molecule is NCc1ccc2c(c1)CCCN2S(=O)(=O)c1cccc2nsnc12. The summed E-state index contributed by atoms with van der Waals surface area (Å²) in [6.07, 6.45) is 1.64. The first-order chi connectivity index (χ1) is 11.6. The van der Waals surface area contributed by atoms with Gasteiger partial charge in [-0.1, -0.05) is 18.2 Å². The molecule has 1 aromatic heterocycles. The highest BCUT2D eigenvalue weighted by atomic mass is 32.2. The van der Waals surface area contributed by atoms with Gasteiger partial charge in [-0.2, -0.15) is 8.75 Å². The van der Waals surface area contributed by atoms with Gasteiger partial charge >= 0.3 is 0 Å². The van der Waals surface area contributed by atoms with Crippen LogP contribution in [0.4, 0.5) is 5.69 Å². The molecule has 0 fully saturated rings. The Bertz CT molecular complexity index is 1010. The summed E-state index contributed by atoms with van der Waals surface area (Å²) in [4.78, 5) is 0.213. The molecule has 2 N–H and O–H groups in total. The maximum Gasteiger partial charge on any atom is 0.266 e. The summed E-state index contributed by atoms with van der Waals surface area (Å²) in [5.41, 5.74) is 9.52. The van der Waals surface area contributed by atoms with Gasteiger partial charge in [0.1, 0.15) is 15.9 Å². The van der Waals surface area contributed by atoms with Crippen LogP contribution in [-0.4, -0.2) is 23.7 Å². The number of nitrogens with zero attached hydrogens (tertiary/aromatic N) is 3. The Labute approximate surface area is 144 Å². The summed E-state index contributed by atoms with van der Waals surface area (Å²) in [6, 6.07) is 10.8. The van der Waals surface area contributed by atoms with Crippen LogP contribution in [0.5, 0.6) is 0 Å². The Morgan fingerprint density at radius 1 is 1.21 bits per heavy atom. The van der Waals surface area contributed by atoms with E-state index in [9.17, 15) is 8.42 Å². The van der Waals surface area contributed by atoms with Gasteiger partial charge < -0.3 is 5.73 Å². The van der Waals surface area contributed by atoms with E-state index in [-0.39, 0.29) is 4.90 Å². The van der Waals surface area contributed by atoms with E-state index < -0.39 is 10.0 Å². The predicted molar refractivity (Wildman–Crippen MR) is 94.6 cm³/mol. The number of aromatic nitrogens is 2. The van der Waals surface area contributed by atoms with Gasteiger partial charge in [0, 0.05) is 13.1 Å². The van der Waals surface area contributed by atoms with Crippen LogP contribution in [0.25, 0.3) is 11.0 Å². The lowest BCUT2D eigenvalue weighted by Crippen LogP contribution is -2.35. The molecule has 124 valence electrons. The third kappa shape index (κ3) is 2.38. The van der Waals surface area contributed by atoms with Gasteiger partial charge in [-0.15, -0.1) is 0 Å². The van der Waals surface area contributed by atoms with Crippen molar-refractivity contribution in [3.63, 3.8) is 0 Å². The number of nitrogens with two attached hydrogens (primary N) is 1. The maximum atomic E-state index is 13.3. The van der Waals surface area contributed by atoms with Crippen molar-refractivity contribution >= 4 is 38.5 Å². The van der Waals surface area contributed by atoms with E-state index in [0.717, 1.165) is 41.4 Å². The minimum Gasteiger partial charge on any atom is -0.326 e. The second-order valence-electron chi connectivity index (χ2n) is 5.74. The summed E-state index contributed by atoms with van der Waals surface area (Å²) < 4.78 is 36.3. The number of hydrogen-bond donors (Lipinski definition) is 1. The van der Waals surface area contributed by atoms with E-state index in [1.165, 1.54) is 4.31 Å². The smallest absolute Gasteiger partial charge is 0.266 e. The topological polar surface area (TPSA) is 89.2 Å².